The van der Waals surface area contributed by atoms with E-state index in [0.717, 1.165) is 6.07 Å². The molecule has 0 aromatic heterocycles. The van der Waals surface area contributed by atoms with E-state index in [1.807, 2.05) is 0 Å². The van der Waals surface area contributed by atoms with E-state index in [1.165, 1.54) is 18.2 Å². The summed E-state index contributed by atoms with van der Waals surface area (Å²) in [7, 11) is -4.85. The zero-order valence-electron chi connectivity index (χ0n) is 8.81. The number of carbonyl (C=O) groups excluding carboxylic acids is 1. The summed E-state index contributed by atoms with van der Waals surface area (Å²) in [6, 6.07) is 5.24. The summed E-state index contributed by atoms with van der Waals surface area (Å²) in [5, 5.41) is 2.30. The highest BCUT2D eigenvalue weighted by molar-refractivity contribution is 7.86. The third kappa shape index (κ3) is 3.89. The van der Waals surface area contributed by atoms with Crippen molar-refractivity contribution < 1.29 is 17.1 Å². The van der Waals surface area contributed by atoms with E-state index in [4.69, 9.17) is 6.42 Å². The highest BCUT2D eigenvalue weighted by Crippen LogP contribution is 2.22. The van der Waals surface area contributed by atoms with Crippen LogP contribution in [0.15, 0.2) is 29.2 Å². The molecule has 0 spiro atoms. The van der Waals surface area contributed by atoms with E-state index in [9.17, 15) is 17.1 Å². The van der Waals surface area contributed by atoms with Crippen molar-refractivity contribution in [3.8, 4) is 12.3 Å². The van der Waals surface area contributed by atoms with Gasteiger partial charge in [-0.1, -0.05) is 12.1 Å². The molecule has 0 heterocycles. The van der Waals surface area contributed by atoms with Crippen LogP contribution >= 0.6 is 0 Å². The molecule has 0 saturated carbocycles. The molecule has 0 saturated heterocycles. The maximum absolute atomic E-state index is 12.9. The number of para-hydroxylation sites is 1. The summed E-state index contributed by atoms with van der Waals surface area (Å²) in [4.78, 5) is 10.8. The van der Waals surface area contributed by atoms with Gasteiger partial charge in [0, 0.05) is 12.8 Å². The molecule has 1 aromatic carbocycles. The van der Waals surface area contributed by atoms with E-state index >= 15 is 0 Å². The van der Waals surface area contributed by atoms with Gasteiger partial charge in [-0.2, -0.15) is 8.42 Å². The Morgan fingerprint density at radius 1 is 1.41 bits per heavy atom. The van der Waals surface area contributed by atoms with Crippen molar-refractivity contribution >= 4 is 21.8 Å². The zero-order chi connectivity index (χ0) is 12.9. The van der Waals surface area contributed by atoms with Crippen molar-refractivity contribution in [1.82, 2.24) is 0 Å². The minimum absolute atomic E-state index is 0.0527. The summed E-state index contributed by atoms with van der Waals surface area (Å²) in [6.07, 6.45) is 5.27. The molecule has 1 aromatic rings. The number of terminal acetylenes is 1. The Morgan fingerprint density at radius 3 is 2.65 bits per heavy atom. The zero-order valence-corrected chi connectivity index (χ0v) is 9.63. The van der Waals surface area contributed by atoms with Gasteiger partial charge in [-0.05, 0) is 12.1 Å². The Labute approximate surface area is 99.1 Å². The lowest BCUT2D eigenvalue weighted by atomic mass is 10.2. The largest absolute Gasteiger partial charge is 0.334 e. The van der Waals surface area contributed by atoms with Crippen LogP contribution in [0, 0.1) is 12.3 Å². The molecular weight excluding hydrogens is 245 g/mol. The lowest BCUT2D eigenvalue weighted by Crippen LogP contribution is -2.13. The van der Waals surface area contributed by atoms with E-state index in [2.05, 4.69) is 11.2 Å². The van der Waals surface area contributed by atoms with Gasteiger partial charge >= 0.3 is 10.2 Å². The second-order valence-electron chi connectivity index (χ2n) is 3.19. The van der Waals surface area contributed by atoms with E-state index in [-0.39, 0.29) is 18.5 Å². The predicted octanol–water partition coefficient (Wildman–Crippen LogP) is 1.70. The summed E-state index contributed by atoms with van der Waals surface area (Å²) < 4.78 is 34.5. The molecule has 0 aliphatic carbocycles. The highest BCUT2D eigenvalue weighted by atomic mass is 32.3. The van der Waals surface area contributed by atoms with Gasteiger partial charge in [0.2, 0.25) is 5.91 Å². The summed E-state index contributed by atoms with van der Waals surface area (Å²) in [6.45, 7) is 0. The molecule has 0 unspecified atom stereocenters. The van der Waals surface area contributed by atoms with Crippen LogP contribution in [-0.4, -0.2) is 14.3 Å². The van der Waals surface area contributed by atoms with Crippen LogP contribution in [0.4, 0.5) is 9.57 Å². The van der Waals surface area contributed by atoms with Crippen molar-refractivity contribution in [2.75, 3.05) is 5.32 Å². The van der Waals surface area contributed by atoms with Crippen molar-refractivity contribution in [2.45, 2.75) is 17.7 Å². The first-order valence-electron chi connectivity index (χ1n) is 4.72. The minimum Gasteiger partial charge on any atom is -0.325 e. The summed E-state index contributed by atoms with van der Waals surface area (Å²) in [5.74, 6) is 1.82. The van der Waals surface area contributed by atoms with Crippen LogP contribution in [0.3, 0.4) is 0 Å². The number of hydrogen-bond donors (Lipinski definition) is 1. The fraction of sp³-hybridized carbons (Fsp3) is 0.182. The lowest BCUT2D eigenvalue weighted by Gasteiger charge is -2.07. The smallest absolute Gasteiger partial charge is 0.325 e. The average molecular weight is 255 g/mol. The maximum atomic E-state index is 12.9. The van der Waals surface area contributed by atoms with Gasteiger partial charge < -0.3 is 5.32 Å². The van der Waals surface area contributed by atoms with Gasteiger partial charge in [0.05, 0.1) is 5.69 Å². The first kappa shape index (κ1) is 13.2. The van der Waals surface area contributed by atoms with Gasteiger partial charge in [0.1, 0.15) is 4.90 Å². The minimum atomic E-state index is -4.85. The predicted molar refractivity (Wildman–Crippen MR) is 61.4 cm³/mol. The van der Waals surface area contributed by atoms with Crippen LogP contribution in [0.2, 0.25) is 0 Å². The molecule has 4 nitrogen and oxygen atoms in total. The number of rotatable bonds is 4. The Hall–Kier alpha value is -1.87. The topological polar surface area (TPSA) is 63.2 Å². The molecule has 90 valence electrons. The van der Waals surface area contributed by atoms with Crippen molar-refractivity contribution in [3.63, 3.8) is 0 Å². The van der Waals surface area contributed by atoms with Crippen molar-refractivity contribution in [1.29, 1.82) is 0 Å². The number of carbonyl (C=O) groups is 1. The van der Waals surface area contributed by atoms with Gasteiger partial charge in [0.25, 0.3) is 0 Å². The van der Waals surface area contributed by atoms with Crippen molar-refractivity contribution in [3.05, 3.63) is 24.3 Å². The van der Waals surface area contributed by atoms with E-state index in [1.54, 1.807) is 0 Å². The Bertz CT molecular complexity index is 560. The van der Waals surface area contributed by atoms with E-state index < -0.39 is 21.0 Å². The molecule has 0 aliphatic heterocycles. The number of halogens is 1. The van der Waals surface area contributed by atoms with Crippen LogP contribution in [0.5, 0.6) is 0 Å². The molecule has 0 fully saturated rings. The second kappa shape index (κ2) is 5.46. The second-order valence-corrected chi connectivity index (χ2v) is 4.50. The van der Waals surface area contributed by atoms with Crippen LogP contribution < -0.4 is 5.32 Å². The monoisotopic (exact) mass is 255 g/mol. The summed E-state index contributed by atoms with van der Waals surface area (Å²) in [5.41, 5.74) is -0.0861. The van der Waals surface area contributed by atoms with Crippen LogP contribution in [0.25, 0.3) is 0 Å². The van der Waals surface area contributed by atoms with Gasteiger partial charge in [-0.25, -0.2) is 0 Å². The average Bonchev–Trinajstić information content (AvgIpc) is 2.25. The molecule has 1 rings (SSSR count). The molecule has 6 heteroatoms. The first-order chi connectivity index (χ1) is 7.95. The van der Waals surface area contributed by atoms with Gasteiger partial charge in [-0.15, -0.1) is 16.2 Å². The SMILES string of the molecule is C#CCCC(=O)Nc1ccccc1S(=O)(=O)F. The number of amides is 1. The third-order valence-corrected chi connectivity index (χ3v) is 2.80. The number of hydrogen-bond acceptors (Lipinski definition) is 3. The third-order valence-electron chi connectivity index (χ3n) is 1.92. The molecule has 0 bridgehead atoms. The molecule has 0 radical (unpaired) electrons. The molecule has 0 aliphatic rings. The normalized spacial score (nSPS) is 10.6. The number of nitrogens with one attached hydrogen (secondary N) is 1. The quantitative estimate of drug-likeness (QED) is 0.658. The lowest BCUT2D eigenvalue weighted by molar-refractivity contribution is -0.116. The number of anilines is 1. The molecule has 0 atom stereocenters. The maximum Gasteiger partial charge on any atom is 0.334 e. The van der Waals surface area contributed by atoms with Gasteiger partial charge in [-0.3, -0.25) is 4.79 Å². The fourth-order valence-electron chi connectivity index (χ4n) is 1.18. The molecular formula is C11H10FNO3S. The van der Waals surface area contributed by atoms with Crippen LogP contribution in [0.1, 0.15) is 12.8 Å². The summed E-state index contributed by atoms with van der Waals surface area (Å²) >= 11 is 0. The Morgan fingerprint density at radius 2 is 2.06 bits per heavy atom. The fourth-order valence-corrected chi connectivity index (χ4v) is 1.80. The Balaban J connectivity index is 2.93. The number of benzene rings is 1. The Kier molecular flexibility index (Phi) is 4.24. The molecule has 1 amide bonds. The molecule has 17 heavy (non-hydrogen) atoms. The van der Waals surface area contributed by atoms with Crippen LogP contribution in [-0.2, 0) is 15.0 Å². The standard InChI is InChI=1S/C11H10FNO3S/c1-2-3-8-11(14)13-9-6-4-5-7-10(9)17(12,15)16/h1,4-7H,3,8H2,(H,13,14). The first-order valence-corrected chi connectivity index (χ1v) is 6.10. The molecule has 1 N–H and O–H groups in total. The van der Waals surface area contributed by atoms with Crippen molar-refractivity contribution in [2.24, 2.45) is 0 Å². The van der Waals surface area contributed by atoms with E-state index in [0.29, 0.717) is 0 Å². The highest BCUT2D eigenvalue weighted by Gasteiger charge is 2.17. The van der Waals surface area contributed by atoms with Gasteiger partial charge in [0.15, 0.2) is 0 Å².